The number of hydrogen-bond acceptors (Lipinski definition) is 5. The van der Waals surface area contributed by atoms with E-state index in [4.69, 9.17) is 9.47 Å². The fourth-order valence-electron chi connectivity index (χ4n) is 3.89. The molecule has 1 unspecified atom stereocenters. The number of amides is 2. The molecule has 0 aliphatic carbocycles. The molecule has 33 heavy (non-hydrogen) atoms. The molecule has 1 aliphatic heterocycles. The Hall–Kier alpha value is -3.09. The highest BCUT2D eigenvalue weighted by molar-refractivity contribution is 5.83. The lowest BCUT2D eigenvalue weighted by atomic mass is 10.1. The maximum Gasteiger partial charge on any atom is 0.328 e. The van der Waals surface area contributed by atoms with Gasteiger partial charge in [-0.05, 0) is 48.6 Å². The van der Waals surface area contributed by atoms with Gasteiger partial charge in [-0.2, -0.15) is 0 Å². The Morgan fingerprint density at radius 3 is 2.33 bits per heavy atom. The maximum absolute atomic E-state index is 12.7. The summed E-state index contributed by atoms with van der Waals surface area (Å²) in [7, 11) is 1.34. The van der Waals surface area contributed by atoms with Crippen LogP contribution in [-0.4, -0.2) is 54.7 Å². The van der Waals surface area contributed by atoms with Crippen LogP contribution >= 0.6 is 0 Å². The minimum absolute atomic E-state index is 0.201. The molecule has 1 saturated heterocycles. The first kappa shape index (κ1) is 24.6. The summed E-state index contributed by atoms with van der Waals surface area (Å²) in [4.78, 5) is 31.2. The lowest BCUT2D eigenvalue weighted by Gasteiger charge is -2.24. The number of pyridine rings is 1. The topological polar surface area (TPSA) is 80.8 Å². The Kier molecular flexibility index (Phi) is 9.54. The lowest BCUT2D eigenvalue weighted by Crippen LogP contribution is -2.49. The van der Waals surface area contributed by atoms with Crippen molar-refractivity contribution >= 4 is 12.0 Å². The standard InChI is InChI=1S/C26H35N3O4/c1-3-20-8-11-22(27-19-20)14-17-33-23-12-9-21(10-13-23)18-24(25(30)32-2)28-26(31)29-15-6-4-5-7-16-29/h8-13,19,24H,3-7,14-18H2,1-2H3,(H,28,31). The number of likely N-dealkylation sites (tertiary alicyclic amines) is 1. The van der Waals surface area contributed by atoms with Gasteiger partial charge in [-0.1, -0.05) is 38.0 Å². The van der Waals surface area contributed by atoms with Crippen molar-refractivity contribution in [3.8, 4) is 5.75 Å². The van der Waals surface area contributed by atoms with Gasteiger partial charge < -0.3 is 19.7 Å². The fraction of sp³-hybridized carbons (Fsp3) is 0.500. The Balaban J connectivity index is 1.51. The molecule has 2 aromatic rings. The third-order valence-electron chi connectivity index (χ3n) is 5.96. The average Bonchev–Trinajstić information content (AvgIpc) is 3.14. The van der Waals surface area contributed by atoms with Gasteiger partial charge in [0.15, 0.2) is 0 Å². The summed E-state index contributed by atoms with van der Waals surface area (Å²) in [5, 5.41) is 2.86. The van der Waals surface area contributed by atoms with E-state index in [-0.39, 0.29) is 6.03 Å². The van der Waals surface area contributed by atoms with Crippen molar-refractivity contribution in [2.45, 2.75) is 57.9 Å². The van der Waals surface area contributed by atoms with E-state index in [1.54, 1.807) is 4.90 Å². The van der Waals surface area contributed by atoms with E-state index < -0.39 is 12.0 Å². The van der Waals surface area contributed by atoms with Crippen LogP contribution in [0.1, 0.15) is 49.4 Å². The van der Waals surface area contributed by atoms with Crippen LogP contribution in [0.5, 0.6) is 5.75 Å². The van der Waals surface area contributed by atoms with Crippen molar-refractivity contribution in [1.29, 1.82) is 0 Å². The number of hydrogen-bond donors (Lipinski definition) is 1. The quantitative estimate of drug-likeness (QED) is 0.582. The molecular formula is C26H35N3O4. The number of carbonyl (C=O) groups is 2. The number of aromatic nitrogens is 1. The van der Waals surface area contributed by atoms with Crippen LogP contribution in [0.4, 0.5) is 4.79 Å². The summed E-state index contributed by atoms with van der Waals surface area (Å²) >= 11 is 0. The van der Waals surface area contributed by atoms with Crippen molar-refractivity contribution in [2.75, 3.05) is 26.8 Å². The first-order valence-electron chi connectivity index (χ1n) is 11.9. The molecule has 2 amide bonds. The molecule has 0 radical (unpaired) electrons. The third-order valence-corrected chi connectivity index (χ3v) is 5.96. The van der Waals surface area contributed by atoms with E-state index in [9.17, 15) is 9.59 Å². The van der Waals surface area contributed by atoms with Crippen molar-refractivity contribution in [2.24, 2.45) is 0 Å². The normalized spacial score (nSPS) is 14.8. The number of carbonyl (C=O) groups excluding carboxylic acids is 2. The van der Waals surface area contributed by atoms with Crippen molar-refractivity contribution in [1.82, 2.24) is 15.2 Å². The zero-order chi connectivity index (χ0) is 23.5. The largest absolute Gasteiger partial charge is 0.493 e. The van der Waals surface area contributed by atoms with E-state index in [0.29, 0.717) is 13.0 Å². The van der Waals surface area contributed by atoms with Crippen molar-refractivity contribution in [3.63, 3.8) is 0 Å². The van der Waals surface area contributed by atoms with Crippen LogP contribution in [0.25, 0.3) is 0 Å². The molecule has 1 aromatic heterocycles. The first-order valence-corrected chi connectivity index (χ1v) is 11.9. The van der Waals surface area contributed by atoms with Gasteiger partial charge in [0.2, 0.25) is 0 Å². The minimum Gasteiger partial charge on any atom is -0.493 e. The lowest BCUT2D eigenvalue weighted by molar-refractivity contribution is -0.142. The maximum atomic E-state index is 12.7. The summed E-state index contributed by atoms with van der Waals surface area (Å²) in [6.45, 7) is 4.10. The highest BCUT2D eigenvalue weighted by Crippen LogP contribution is 2.15. The highest BCUT2D eigenvalue weighted by atomic mass is 16.5. The van der Waals surface area contributed by atoms with Gasteiger partial charge in [-0.15, -0.1) is 0 Å². The Bertz CT molecular complexity index is 875. The molecule has 7 nitrogen and oxygen atoms in total. The highest BCUT2D eigenvalue weighted by Gasteiger charge is 2.25. The number of esters is 1. The van der Waals surface area contributed by atoms with Crippen LogP contribution in [0, 0.1) is 0 Å². The van der Waals surface area contributed by atoms with Gasteiger partial charge in [-0.3, -0.25) is 4.98 Å². The van der Waals surface area contributed by atoms with Crippen LogP contribution in [0.15, 0.2) is 42.6 Å². The van der Waals surface area contributed by atoms with Gasteiger partial charge in [0.25, 0.3) is 0 Å². The first-order chi connectivity index (χ1) is 16.1. The smallest absolute Gasteiger partial charge is 0.328 e. The van der Waals surface area contributed by atoms with Gasteiger partial charge in [0.05, 0.1) is 13.7 Å². The summed E-state index contributed by atoms with van der Waals surface area (Å²) in [6, 6.07) is 10.8. The molecule has 2 heterocycles. The molecular weight excluding hydrogens is 418 g/mol. The average molecular weight is 454 g/mol. The van der Waals surface area contributed by atoms with Crippen LogP contribution in [0.3, 0.4) is 0 Å². The number of nitrogens with one attached hydrogen (secondary N) is 1. The summed E-state index contributed by atoms with van der Waals surface area (Å²) in [6.07, 6.45) is 8.26. The molecule has 1 aromatic carbocycles. The third kappa shape index (κ3) is 7.77. The van der Waals surface area contributed by atoms with Gasteiger partial charge in [0.1, 0.15) is 11.8 Å². The summed E-state index contributed by atoms with van der Waals surface area (Å²) in [5.74, 6) is 0.312. The van der Waals surface area contributed by atoms with Crippen LogP contribution < -0.4 is 10.1 Å². The SMILES string of the molecule is CCc1ccc(CCOc2ccc(CC(NC(=O)N3CCCCCC3)C(=O)OC)cc2)nc1. The molecule has 178 valence electrons. The van der Waals surface area contributed by atoms with Crippen molar-refractivity contribution < 1.29 is 19.1 Å². The molecule has 0 bridgehead atoms. The predicted octanol–water partition coefficient (Wildman–Crippen LogP) is 3.94. The number of urea groups is 1. The number of rotatable bonds is 9. The Morgan fingerprint density at radius 2 is 1.73 bits per heavy atom. The molecule has 1 N–H and O–H groups in total. The van der Waals surface area contributed by atoms with Crippen LogP contribution in [-0.2, 0) is 28.8 Å². The van der Waals surface area contributed by atoms with E-state index in [1.165, 1.54) is 12.7 Å². The van der Waals surface area contributed by atoms with Gasteiger partial charge in [-0.25, -0.2) is 9.59 Å². The molecule has 1 aliphatic rings. The van der Waals surface area contributed by atoms with E-state index in [1.807, 2.05) is 36.5 Å². The molecule has 0 saturated carbocycles. The predicted molar refractivity (Wildman–Crippen MR) is 127 cm³/mol. The zero-order valence-electron chi connectivity index (χ0n) is 19.7. The number of nitrogens with zero attached hydrogens (tertiary/aromatic N) is 2. The van der Waals surface area contributed by atoms with E-state index in [0.717, 1.165) is 68.6 Å². The van der Waals surface area contributed by atoms with Gasteiger partial charge >= 0.3 is 12.0 Å². The fourth-order valence-corrected chi connectivity index (χ4v) is 3.89. The minimum atomic E-state index is -0.727. The summed E-state index contributed by atoms with van der Waals surface area (Å²) in [5.41, 5.74) is 3.15. The Morgan fingerprint density at radius 1 is 1.03 bits per heavy atom. The Labute approximate surface area is 196 Å². The molecule has 0 spiro atoms. The van der Waals surface area contributed by atoms with Crippen molar-refractivity contribution in [3.05, 3.63) is 59.4 Å². The number of ether oxygens (including phenoxy) is 2. The molecule has 3 rings (SSSR count). The second kappa shape index (κ2) is 12.8. The number of methoxy groups -OCH3 is 1. The van der Waals surface area contributed by atoms with Gasteiger partial charge in [0, 0.05) is 37.8 Å². The van der Waals surface area contributed by atoms with E-state index in [2.05, 4.69) is 23.3 Å². The van der Waals surface area contributed by atoms with E-state index >= 15 is 0 Å². The number of aryl methyl sites for hydroxylation is 1. The second-order valence-corrected chi connectivity index (χ2v) is 8.38. The number of benzene rings is 1. The second-order valence-electron chi connectivity index (χ2n) is 8.38. The molecule has 1 atom stereocenters. The zero-order valence-corrected chi connectivity index (χ0v) is 19.7. The molecule has 7 heteroatoms. The van der Waals surface area contributed by atoms with Crippen LogP contribution in [0.2, 0.25) is 0 Å². The monoisotopic (exact) mass is 453 g/mol. The summed E-state index contributed by atoms with van der Waals surface area (Å²) < 4.78 is 10.8. The molecule has 1 fully saturated rings.